The number of amides is 2. The van der Waals surface area contributed by atoms with Gasteiger partial charge in [-0.25, -0.2) is 9.69 Å². The highest BCUT2D eigenvalue weighted by molar-refractivity contribution is 5.94. The summed E-state index contributed by atoms with van der Waals surface area (Å²) in [5.74, 6) is -0.252. The quantitative estimate of drug-likeness (QED) is 0.781. The van der Waals surface area contributed by atoms with Gasteiger partial charge in [0.1, 0.15) is 6.61 Å². The van der Waals surface area contributed by atoms with Gasteiger partial charge in [-0.05, 0) is 19.9 Å². The van der Waals surface area contributed by atoms with E-state index in [1.54, 1.807) is 0 Å². The van der Waals surface area contributed by atoms with Gasteiger partial charge in [-0.1, -0.05) is 12.8 Å². The molecule has 2 aliphatic rings. The number of likely N-dealkylation sites (N-methyl/N-ethyl adjacent to an activating group) is 1. The molecule has 2 rings (SSSR count). The van der Waals surface area contributed by atoms with E-state index in [4.69, 9.17) is 4.74 Å². The summed E-state index contributed by atoms with van der Waals surface area (Å²) in [4.78, 5) is 26.1. The van der Waals surface area contributed by atoms with Crippen LogP contribution in [-0.4, -0.2) is 65.8 Å². The van der Waals surface area contributed by atoms with Crippen molar-refractivity contribution in [1.82, 2.24) is 9.80 Å². The van der Waals surface area contributed by atoms with Crippen molar-refractivity contribution in [3.8, 4) is 0 Å². The molecule has 6 heteroatoms. The van der Waals surface area contributed by atoms with Crippen LogP contribution in [0.1, 0.15) is 25.7 Å². The Labute approximate surface area is 106 Å². The van der Waals surface area contributed by atoms with Gasteiger partial charge in [0, 0.05) is 6.04 Å². The lowest BCUT2D eigenvalue weighted by Gasteiger charge is -2.35. The maximum atomic E-state index is 11.9. The van der Waals surface area contributed by atoms with Gasteiger partial charge in [-0.2, -0.15) is 0 Å². The van der Waals surface area contributed by atoms with Crippen molar-refractivity contribution >= 4 is 12.0 Å². The number of hydrogen-bond acceptors (Lipinski definition) is 5. The molecule has 1 aliphatic heterocycles. The second-order valence-corrected chi connectivity index (χ2v) is 4.99. The van der Waals surface area contributed by atoms with Crippen LogP contribution in [0.3, 0.4) is 0 Å². The Bertz CT molecular complexity index is 334. The molecule has 0 aromatic heterocycles. The SMILES string of the molecule is CN(CC(=O)N1CCOC1=O)C1CCCCC1O. The zero-order chi connectivity index (χ0) is 13.1. The highest BCUT2D eigenvalue weighted by atomic mass is 16.6. The number of aliphatic hydroxyl groups is 1. The topological polar surface area (TPSA) is 70.1 Å². The maximum absolute atomic E-state index is 11.9. The number of cyclic esters (lactones) is 1. The zero-order valence-corrected chi connectivity index (χ0v) is 10.7. The van der Waals surface area contributed by atoms with Gasteiger partial charge >= 0.3 is 6.09 Å². The molecular weight excluding hydrogens is 236 g/mol. The monoisotopic (exact) mass is 256 g/mol. The van der Waals surface area contributed by atoms with E-state index in [2.05, 4.69) is 0 Å². The Kier molecular flexibility index (Phi) is 4.19. The number of imide groups is 1. The van der Waals surface area contributed by atoms with Crippen molar-refractivity contribution in [2.24, 2.45) is 0 Å². The molecule has 0 aromatic carbocycles. The minimum atomic E-state index is -0.558. The summed E-state index contributed by atoms with van der Waals surface area (Å²) >= 11 is 0. The number of rotatable bonds is 3. The number of carbonyl (C=O) groups excluding carboxylic acids is 2. The molecule has 0 radical (unpaired) electrons. The number of aliphatic hydroxyl groups excluding tert-OH is 1. The highest BCUT2D eigenvalue weighted by Crippen LogP contribution is 2.22. The number of hydrogen-bond donors (Lipinski definition) is 1. The molecule has 2 amide bonds. The van der Waals surface area contributed by atoms with Gasteiger partial charge in [0.2, 0.25) is 5.91 Å². The van der Waals surface area contributed by atoms with Gasteiger partial charge in [0.15, 0.2) is 0 Å². The summed E-state index contributed by atoms with van der Waals surface area (Å²) in [6, 6.07) is 0.0151. The molecule has 102 valence electrons. The normalized spacial score (nSPS) is 28.6. The summed E-state index contributed by atoms with van der Waals surface area (Å²) < 4.78 is 4.73. The molecule has 1 saturated carbocycles. The first kappa shape index (κ1) is 13.3. The van der Waals surface area contributed by atoms with Crippen LogP contribution in [-0.2, 0) is 9.53 Å². The molecule has 0 aromatic rings. The average molecular weight is 256 g/mol. The van der Waals surface area contributed by atoms with Crippen LogP contribution in [0, 0.1) is 0 Å². The molecular formula is C12H20N2O4. The van der Waals surface area contributed by atoms with Crippen LogP contribution < -0.4 is 0 Å². The second-order valence-electron chi connectivity index (χ2n) is 4.99. The van der Waals surface area contributed by atoms with Crippen molar-refractivity contribution < 1.29 is 19.4 Å². The van der Waals surface area contributed by atoms with Gasteiger partial charge in [0.25, 0.3) is 0 Å². The lowest BCUT2D eigenvalue weighted by molar-refractivity contribution is -0.129. The van der Waals surface area contributed by atoms with E-state index < -0.39 is 6.09 Å². The standard InChI is InChI=1S/C12H20N2O4/c1-13(9-4-2-3-5-10(9)15)8-11(16)14-6-7-18-12(14)17/h9-10,15H,2-8H2,1H3. The van der Waals surface area contributed by atoms with E-state index in [1.165, 1.54) is 0 Å². The Morgan fingerprint density at radius 3 is 2.83 bits per heavy atom. The van der Waals surface area contributed by atoms with E-state index in [0.29, 0.717) is 6.54 Å². The summed E-state index contributed by atoms with van der Waals surface area (Å²) in [5, 5.41) is 9.91. The predicted molar refractivity (Wildman–Crippen MR) is 64.0 cm³/mol. The van der Waals surface area contributed by atoms with E-state index in [9.17, 15) is 14.7 Å². The fraction of sp³-hybridized carbons (Fsp3) is 0.833. The minimum Gasteiger partial charge on any atom is -0.447 e. The number of nitrogens with zero attached hydrogens (tertiary/aromatic N) is 2. The molecule has 1 heterocycles. The van der Waals surface area contributed by atoms with Crippen molar-refractivity contribution in [1.29, 1.82) is 0 Å². The van der Waals surface area contributed by atoms with E-state index >= 15 is 0 Å². The van der Waals surface area contributed by atoms with Gasteiger partial charge in [0.05, 0.1) is 19.2 Å². The van der Waals surface area contributed by atoms with Crippen LogP contribution in [0.2, 0.25) is 0 Å². The molecule has 0 spiro atoms. The first-order valence-electron chi connectivity index (χ1n) is 6.45. The lowest BCUT2D eigenvalue weighted by atomic mass is 9.91. The first-order chi connectivity index (χ1) is 8.59. The molecule has 6 nitrogen and oxygen atoms in total. The maximum Gasteiger partial charge on any atom is 0.416 e. The molecule has 2 atom stereocenters. The molecule has 0 bridgehead atoms. The third-order valence-corrected chi connectivity index (χ3v) is 3.71. The third kappa shape index (κ3) is 2.81. The van der Waals surface area contributed by atoms with Crippen LogP contribution in [0.25, 0.3) is 0 Å². The molecule has 1 saturated heterocycles. The second kappa shape index (κ2) is 5.67. The molecule has 1 N–H and O–H groups in total. The Hall–Kier alpha value is -1.14. The van der Waals surface area contributed by atoms with Crippen molar-refractivity contribution in [2.75, 3.05) is 26.7 Å². The van der Waals surface area contributed by atoms with Gasteiger partial charge < -0.3 is 9.84 Å². The fourth-order valence-electron chi connectivity index (χ4n) is 2.64. The Balaban J connectivity index is 1.88. The summed E-state index contributed by atoms with van der Waals surface area (Å²) in [7, 11) is 1.82. The molecule has 2 unspecified atom stereocenters. The van der Waals surface area contributed by atoms with E-state index in [-0.39, 0.29) is 31.2 Å². The predicted octanol–water partition coefficient (Wildman–Crippen LogP) is 0.200. The van der Waals surface area contributed by atoms with Crippen LogP contribution in [0.5, 0.6) is 0 Å². The smallest absolute Gasteiger partial charge is 0.416 e. The average Bonchev–Trinajstić information content (AvgIpc) is 2.76. The summed E-state index contributed by atoms with van der Waals surface area (Å²) in [6.07, 6.45) is 2.87. The lowest BCUT2D eigenvalue weighted by Crippen LogP contribution is -2.48. The van der Waals surface area contributed by atoms with E-state index in [1.807, 2.05) is 11.9 Å². The summed E-state index contributed by atoms with van der Waals surface area (Å²) in [6.45, 7) is 0.760. The first-order valence-corrected chi connectivity index (χ1v) is 6.45. The largest absolute Gasteiger partial charge is 0.447 e. The minimum absolute atomic E-state index is 0.0151. The van der Waals surface area contributed by atoms with E-state index in [0.717, 1.165) is 30.6 Å². The van der Waals surface area contributed by atoms with Crippen LogP contribution >= 0.6 is 0 Å². The zero-order valence-electron chi connectivity index (χ0n) is 10.7. The van der Waals surface area contributed by atoms with Crippen molar-refractivity contribution in [3.05, 3.63) is 0 Å². The van der Waals surface area contributed by atoms with Crippen molar-refractivity contribution in [3.63, 3.8) is 0 Å². The Morgan fingerprint density at radius 1 is 1.50 bits per heavy atom. The van der Waals surface area contributed by atoms with Gasteiger partial charge in [-0.15, -0.1) is 0 Å². The fourth-order valence-corrected chi connectivity index (χ4v) is 2.64. The molecule has 18 heavy (non-hydrogen) atoms. The van der Waals surface area contributed by atoms with Gasteiger partial charge in [-0.3, -0.25) is 9.69 Å². The Morgan fingerprint density at radius 2 is 2.22 bits per heavy atom. The summed E-state index contributed by atoms with van der Waals surface area (Å²) in [5.41, 5.74) is 0. The number of ether oxygens (including phenoxy) is 1. The van der Waals surface area contributed by atoms with Crippen LogP contribution in [0.15, 0.2) is 0 Å². The highest BCUT2D eigenvalue weighted by Gasteiger charge is 2.32. The number of carbonyl (C=O) groups is 2. The molecule has 2 fully saturated rings. The van der Waals surface area contributed by atoms with Crippen molar-refractivity contribution in [2.45, 2.75) is 37.8 Å². The molecule has 1 aliphatic carbocycles. The third-order valence-electron chi connectivity index (χ3n) is 3.71. The van der Waals surface area contributed by atoms with Crippen LogP contribution in [0.4, 0.5) is 4.79 Å².